The van der Waals surface area contributed by atoms with Gasteiger partial charge in [-0.2, -0.15) is 0 Å². The molecule has 6 nitrogen and oxygen atoms in total. The number of sulfonamides is 1. The fraction of sp³-hybridized carbons (Fsp3) is 0.500. The number of carbonyl (C=O) groups excluding carboxylic acids is 1. The number of rotatable bonds is 7. The van der Waals surface area contributed by atoms with Gasteiger partial charge in [-0.25, -0.2) is 12.7 Å². The predicted octanol–water partition coefficient (Wildman–Crippen LogP) is 3.97. The third-order valence-electron chi connectivity index (χ3n) is 6.94. The third-order valence-corrected chi connectivity index (χ3v) is 9.10. The van der Waals surface area contributed by atoms with Crippen LogP contribution in [0, 0.1) is 12.8 Å². The van der Waals surface area contributed by atoms with Gasteiger partial charge in [0.15, 0.2) is 0 Å². The molecule has 0 saturated carbocycles. The molecule has 2 heterocycles. The highest BCUT2D eigenvalue weighted by Gasteiger charge is 2.35. The molecule has 0 aromatic heterocycles. The lowest BCUT2D eigenvalue weighted by Gasteiger charge is -2.40. The lowest BCUT2D eigenvalue weighted by molar-refractivity contribution is -0.137. The van der Waals surface area contributed by atoms with Gasteiger partial charge in [0.1, 0.15) is 0 Å². The Bertz CT molecular complexity index is 1090. The molecule has 8 heteroatoms. The monoisotopic (exact) mass is 503 g/mol. The minimum Gasteiger partial charge on any atom is -0.368 e. The number of piperidine rings is 1. The van der Waals surface area contributed by atoms with Gasteiger partial charge in [0.2, 0.25) is 15.9 Å². The zero-order valence-electron chi connectivity index (χ0n) is 19.8. The van der Waals surface area contributed by atoms with Gasteiger partial charge in [-0.1, -0.05) is 48.0 Å². The summed E-state index contributed by atoms with van der Waals surface area (Å²) in [5.74, 6) is -0.0377. The van der Waals surface area contributed by atoms with Crippen molar-refractivity contribution in [1.29, 1.82) is 0 Å². The van der Waals surface area contributed by atoms with E-state index in [9.17, 15) is 13.2 Å². The van der Waals surface area contributed by atoms with Crippen molar-refractivity contribution in [2.75, 3.05) is 49.9 Å². The fourth-order valence-corrected chi connectivity index (χ4v) is 6.73. The number of hydrogen-bond donors (Lipinski definition) is 0. The maximum atomic E-state index is 13.3. The SMILES string of the molecule is Cc1ccc(Cl)cc1N1CCN(C(=O)C2CCCN(S(=O)(=O)CCCc3ccccc3)C2)CC1. The average Bonchev–Trinajstić information content (AvgIpc) is 2.86. The summed E-state index contributed by atoms with van der Waals surface area (Å²) in [6, 6.07) is 15.8. The predicted molar refractivity (Wildman–Crippen MR) is 138 cm³/mol. The maximum absolute atomic E-state index is 13.3. The molecule has 0 radical (unpaired) electrons. The van der Waals surface area contributed by atoms with Crippen LogP contribution in [0.5, 0.6) is 0 Å². The van der Waals surface area contributed by atoms with Crippen LogP contribution in [0.1, 0.15) is 30.4 Å². The van der Waals surface area contributed by atoms with Gasteiger partial charge in [0.05, 0.1) is 11.7 Å². The van der Waals surface area contributed by atoms with Crippen molar-refractivity contribution >= 4 is 33.2 Å². The molecular formula is C26H34ClN3O3S. The van der Waals surface area contributed by atoms with Gasteiger partial charge in [0.25, 0.3) is 0 Å². The molecule has 2 aromatic carbocycles. The van der Waals surface area contributed by atoms with E-state index in [2.05, 4.69) is 11.8 Å². The summed E-state index contributed by atoms with van der Waals surface area (Å²) in [5.41, 5.74) is 3.44. The van der Waals surface area contributed by atoms with E-state index in [1.807, 2.05) is 53.4 Å². The van der Waals surface area contributed by atoms with Crippen molar-refractivity contribution in [3.05, 3.63) is 64.7 Å². The number of anilines is 1. The summed E-state index contributed by atoms with van der Waals surface area (Å²) in [6.45, 7) is 5.68. The van der Waals surface area contributed by atoms with Crippen LogP contribution in [-0.4, -0.2) is 68.6 Å². The van der Waals surface area contributed by atoms with Crippen molar-refractivity contribution in [3.8, 4) is 0 Å². The number of halogens is 1. The number of amides is 1. The van der Waals surface area contributed by atoms with E-state index in [0.29, 0.717) is 37.6 Å². The summed E-state index contributed by atoms with van der Waals surface area (Å²) in [6.07, 6.45) is 2.82. The number of carbonyl (C=O) groups is 1. The Hall–Kier alpha value is -2.09. The standard InChI is InChI=1S/C26H34ClN3O3S/c1-21-11-12-24(27)19-25(21)28-14-16-29(17-15-28)26(31)23-10-5-13-30(20-23)34(32,33)18-6-9-22-7-3-2-4-8-22/h2-4,7-8,11-12,19,23H,5-6,9-10,13-18,20H2,1H3. The molecule has 1 unspecified atom stereocenters. The zero-order valence-corrected chi connectivity index (χ0v) is 21.4. The molecule has 2 saturated heterocycles. The first-order valence-corrected chi connectivity index (χ1v) is 14.1. The molecule has 1 amide bonds. The largest absolute Gasteiger partial charge is 0.368 e. The second kappa shape index (κ2) is 11.1. The molecule has 2 aliphatic heterocycles. The molecule has 4 rings (SSSR count). The maximum Gasteiger partial charge on any atom is 0.227 e. The number of aryl methyl sites for hydroxylation is 2. The summed E-state index contributed by atoms with van der Waals surface area (Å²) in [5, 5.41) is 0.714. The van der Waals surface area contributed by atoms with E-state index in [4.69, 9.17) is 11.6 Å². The Morgan fingerprint density at radius 1 is 1.03 bits per heavy atom. The van der Waals surface area contributed by atoms with Crippen LogP contribution in [0.15, 0.2) is 48.5 Å². The molecule has 0 spiro atoms. The van der Waals surface area contributed by atoms with Crippen LogP contribution in [0.3, 0.4) is 0 Å². The molecule has 184 valence electrons. The number of piperazine rings is 1. The van der Waals surface area contributed by atoms with Crippen LogP contribution < -0.4 is 4.90 Å². The Balaban J connectivity index is 1.29. The molecule has 0 bridgehead atoms. The molecule has 0 N–H and O–H groups in total. The van der Waals surface area contributed by atoms with Crippen molar-refractivity contribution in [2.24, 2.45) is 5.92 Å². The Labute approximate surface area is 208 Å². The van der Waals surface area contributed by atoms with E-state index in [1.165, 1.54) is 5.56 Å². The van der Waals surface area contributed by atoms with Crippen molar-refractivity contribution < 1.29 is 13.2 Å². The second-order valence-corrected chi connectivity index (χ2v) is 11.9. The van der Waals surface area contributed by atoms with E-state index in [0.717, 1.165) is 43.6 Å². The van der Waals surface area contributed by atoms with Gasteiger partial charge < -0.3 is 9.80 Å². The first kappa shape index (κ1) is 25.0. The molecular weight excluding hydrogens is 470 g/mol. The molecule has 34 heavy (non-hydrogen) atoms. The van der Waals surface area contributed by atoms with Crippen LogP contribution in [0.25, 0.3) is 0 Å². The number of benzene rings is 2. The quantitative estimate of drug-likeness (QED) is 0.573. The molecule has 1 atom stereocenters. The van der Waals surface area contributed by atoms with E-state index in [1.54, 1.807) is 4.31 Å². The highest BCUT2D eigenvalue weighted by Crippen LogP contribution is 2.27. The first-order chi connectivity index (χ1) is 16.3. The molecule has 2 aliphatic rings. The van der Waals surface area contributed by atoms with Crippen molar-refractivity contribution in [1.82, 2.24) is 9.21 Å². The normalized spacial score (nSPS) is 19.9. The summed E-state index contributed by atoms with van der Waals surface area (Å²) in [7, 11) is -3.36. The minimum absolute atomic E-state index is 0.0895. The van der Waals surface area contributed by atoms with Gasteiger partial charge in [-0.15, -0.1) is 0 Å². The van der Waals surface area contributed by atoms with Crippen LogP contribution in [0.2, 0.25) is 5.02 Å². The third kappa shape index (κ3) is 6.12. The Morgan fingerprint density at radius 2 is 1.76 bits per heavy atom. The van der Waals surface area contributed by atoms with Gasteiger partial charge >= 0.3 is 0 Å². The van der Waals surface area contributed by atoms with Crippen molar-refractivity contribution in [2.45, 2.75) is 32.6 Å². The van der Waals surface area contributed by atoms with Gasteiger partial charge in [-0.05, 0) is 55.9 Å². The van der Waals surface area contributed by atoms with Crippen molar-refractivity contribution in [3.63, 3.8) is 0 Å². The topological polar surface area (TPSA) is 60.9 Å². The minimum atomic E-state index is -3.36. The lowest BCUT2D eigenvalue weighted by atomic mass is 9.97. The highest BCUT2D eigenvalue weighted by molar-refractivity contribution is 7.89. The molecule has 2 fully saturated rings. The summed E-state index contributed by atoms with van der Waals surface area (Å²) in [4.78, 5) is 17.4. The van der Waals surface area contributed by atoms with Gasteiger partial charge in [-0.3, -0.25) is 4.79 Å². The van der Waals surface area contributed by atoms with Crippen LogP contribution in [-0.2, 0) is 21.2 Å². The fourth-order valence-electron chi connectivity index (χ4n) is 4.98. The molecule has 2 aromatic rings. The Morgan fingerprint density at radius 3 is 2.50 bits per heavy atom. The number of nitrogens with zero attached hydrogens (tertiary/aromatic N) is 3. The smallest absolute Gasteiger partial charge is 0.227 e. The van der Waals surface area contributed by atoms with Crippen LogP contribution in [0.4, 0.5) is 5.69 Å². The zero-order chi connectivity index (χ0) is 24.1. The van der Waals surface area contributed by atoms with Gasteiger partial charge in [0, 0.05) is 50.0 Å². The Kier molecular flexibility index (Phi) is 8.17. The summed E-state index contributed by atoms with van der Waals surface area (Å²) >= 11 is 6.19. The van der Waals surface area contributed by atoms with Crippen LogP contribution >= 0.6 is 11.6 Å². The highest BCUT2D eigenvalue weighted by atomic mass is 35.5. The summed E-state index contributed by atoms with van der Waals surface area (Å²) < 4.78 is 27.5. The lowest BCUT2D eigenvalue weighted by Crippen LogP contribution is -2.53. The second-order valence-electron chi connectivity index (χ2n) is 9.35. The van der Waals surface area contributed by atoms with E-state index < -0.39 is 10.0 Å². The molecule has 0 aliphatic carbocycles. The number of hydrogen-bond acceptors (Lipinski definition) is 4. The van der Waals surface area contributed by atoms with E-state index >= 15 is 0 Å². The first-order valence-electron chi connectivity index (χ1n) is 12.1. The van der Waals surface area contributed by atoms with E-state index in [-0.39, 0.29) is 17.6 Å². The average molecular weight is 504 g/mol.